The Morgan fingerprint density at radius 1 is 1.62 bits per heavy atom. The third-order valence-electron chi connectivity index (χ3n) is 0.417. The molecule has 0 aliphatic carbocycles. The largest absolute Gasteiger partial charge is 0.455 e. The molecule has 0 aromatic carbocycles. The van der Waals surface area contributed by atoms with Crippen molar-refractivity contribution in [2.24, 2.45) is 0 Å². The molecular formula is C3H6O4S. The second-order valence-electron chi connectivity index (χ2n) is 0.956. The highest BCUT2D eigenvalue weighted by atomic mass is 32.2. The first-order chi connectivity index (χ1) is 3.68. The first-order valence-electron chi connectivity index (χ1n) is 1.99. The molecule has 0 rings (SSSR count). The number of carbonyl (C=O) groups excluding carboxylic acids is 1. The summed E-state index contributed by atoms with van der Waals surface area (Å²) in [5.41, 5.74) is 0. The summed E-state index contributed by atoms with van der Waals surface area (Å²) in [5, 5.41) is -1.16. The van der Waals surface area contributed by atoms with Crippen LogP contribution in [0.4, 0.5) is 4.79 Å². The Hall–Kier alpha value is -0.580. The molecular weight excluding hydrogens is 132 g/mol. The highest BCUT2D eigenvalue weighted by Gasteiger charge is 1.99. The van der Waals surface area contributed by atoms with Crippen LogP contribution in [0, 0.1) is 0 Å². The summed E-state index contributed by atoms with van der Waals surface area (Å²) in [6.07, 6.45) is 0. The predicted molar refractivity (Wildman–Crippen MR) is 27.3 cm³/mol. The van der Waals surface area contributed by atoms with E-state index >= 15 is 0 Å². The van der Waals surface area contributed by atoms with Gasteiger partial charge in [-0.25, -0.2) is 13.2 Å². The van der Waals surface area contributed by atoms with Crippen molar-refractivity contribution in [3.63, 3.8) is 0 Å². The Balaban J connectivity index is 3.67. The fourth-order valence-corrected chi connectivity index (χ4v) is 0.411. The van der Waals surface area contributed by atoms with Crippen LogP contribution in [0.25, 0.3) is 0 Å². The maximum Gasteiger partial charge on any atom is 0.422 e. The molecule has 0 atom stereocenters. The van der Waals surface area contributed by atoms with Gasteiger partial charge in [0.2, 0.25) is 10.7 Å². The monoisotopic (exact) mass is 138 g/mol. The molecule has 48 valence electrons. The van der Waals surface area contributed by atoms with E-state index in [1.807, 2.05) is 0 Å². The van der Waals surface area contributed by atoms with E-state index in [1.165, 1.54) is 6.92 Å². The second kappa shape index (κ2) is 3.43. The molecule has 0 saturated heterocycles. The quantitative estimate of drug-likeness (QED) is 0.401. The lowest BCUT2D eigenvalue weighted by Crippen LogP contribution is -2.01. The van der Waals surface area contributed by atoms with E-state index < -0.39 is 16.0 Å². The molecule has 0 heterocycles. The number of thiol groups is 1. The minimum absolute atomic E-state index is 0.0994. The SMILES string of the molecule is CCOC(=O)[SH](=O)=O. The van der Waals surface area contributed by atoms with E-state index in [0.29, 0.717) is 0 Å². The molecule has 0 aliphatic rings. The number of hydrogen-bond acceptors (Lipinski definition) is 4. The van der Waals surface area contributed by atoms with Gasteiger partial charge in [-0.3, -0.25) is 0 Å². The maximum absolute atomic E-state index is 9.92. The Bertz CT molecular complexity index is 139. The summed E-state index contributed by atoms with van der Waals surface area (Å²) in [6.45, 7) is 1.64. The zero-order chi connectivity index (χ0) is 6.57. The molecule has 0 aromatic heterocycles. The van der Waals surface area contributed by atoms with Crippen LogP contribution in [0.2, 0.25) is 0 Å². The molecule has 8 heavy (non-hydrogen) atoms. The van der Waals surface area contributed by atoms with Crippen LogP contribution in [0.15, 0.2) is 0 Å². The minimum atomic E-state index is -3.03. The molecule has 0 aromatic rings. The Labute approximate surface area is 48.4 Å². The van der Waals surface area contributed by atoms with Crippen molar-refractivity contribution >= 4 is 16.0 Å². The van der Waals surface area contributed by atoms with Crippen LogP contribution >= 0.6 is 0 Å². The van der Waals surface area contributed by atoms with Gasteiger partial charge >= 0.3 is 5.30 Å². The van der Waals surface area contributed by atoms with E-state index in [1.54, 1.807) is 0 Å². The standard InChI is InChI=1S/C3H6O4S/c1-2-7-3(4)8(5)6/h8H,2H2,1H3. The number of hydrogen-bond donors (Lipinski definition) is 1. The lowest BCUT2D eigenvalue weighted by molar-refractivity contribution is 0.179. The third kappa shape index (κ3) is 2.57. The van der Waals surface area contributed by atoms with E-state index in [-0.39, 0.29) is 6.61 Å². The molecule has 5 heteroatoms. The van der Waals surface area contributed by atoms with Crippen LogP contribution in [0.1, 0.15) is 6.92 Å². The van der Waals surface area contributed by atoms with Gasteiger partial charge in [0.05, 0.1) is 6.61 Å². The normalized spacial score (nSPS) is 9.25. The fourth-order valence-electron chi connectivity index (χ4n) is 0.176. The van der Waals surface area contributed by atoms with Crippen LogP contribution in [0.5, 0.6) is 0 Å². The van der Waals surface area contributed by atoms with Gasteiger partial charge < -0.3 is 4.74 Å². The molecule has 0 radical (unpaired) electrons. The zero-order valence-electron chi connectivity index (χ0n) is 4.29. The lowest BCUT2D eigenvalue weighted by atomic mass is 10.9. The first-order valence-corrected chi connectivity index (χ1v) is 3.17. The van der Waals surface area contributed by atoms with Crippen molar-refractivity contribution in [2.75, 3.05) is 6.61 Å². The zero-order valence-corrected chi connectivity index (χ0v) is 5.18. The second-order valence-corrected chi connectivity index (χ2v) is 1.84. The summed E-state index contributed by atoms with van der Waals surface area (Å²) in [7, 11) is -3.03. The van der Waals surface area contributed by atoms with Gasteiger partial charge in [0, 0.05) is 0 Å². The molecule has 0 unspecified atom stereocenters. The van der Waals surface area contributed by atoms with Gasteiger partial charge in [0.15, 0.2) is 0 Å². The van der Waals surface area contributed by atoms with Gasteiger partial charge in [-0.1, -0.05) is 0 Å². The van der Waals surface area contributed by atoms with Crippen LogP contribution < -0.4 is 0 Å². The average molecular weight is 138 g/mol. The summed E-state index contributed by atoms with van der Waals surface area (Å²) >= 11 is 0. The smallest absolute Gasteiger partial charge is 0.422 e. The Kier molecular flexibility index (Phi) is 3.18. The van der Waals surface area contributed by atoms with Gasteiger partial charge in [-0.05, 0) is 6.92 Å². The van der Waals surface area contributed by atoms with Crippen molar-refractivity contribution in [1.82, 2.24) is 0 Å². The molecule has 0 amide bonds. The predicted octanol–water partition coefficient (Wildman–Crippen LogP) is -0.246. The highest BCUT2D eigenvalue weighted by molar-refractivity contribution is 7.88. The fraction of sp³-hybridized carbons (Fsp3) is 0.667. The molecule has 0 N–H and O–H groups in total. The van der Waals surface area contributed by atoms with E-state index in [4.69, 9.17) is 0 Å². The van der Waals surface area contributed by atoms with Crippen molar-refractivity contribution in [3.05, 3.63) is 0 Å². The van der Waals surface area contributed by atoms with E-state index in [2.05, 4.69) is 4.74 Å². The number of ether oxygens (including phenoxy) is 1. The van der Waals surface area contributed by atoms with Crippen molar-refractivity contribution in [2.45, 2.75) is 6.92 Å². The van der Waals surface area contributed by atoms with Gasteiger partial charge in [-0.15, -0.1) is 0 Å². The van der Waals surface area contributed by atoms with Crippen molar-refractivity contribution < 1.29 is 17.9 Å². The Morgan fingerprint density at radius 2 is 2.12 bits per heavy atom. The summed E-state index contributed by atoms with van der Waals surface area (Å²) in [6, 6.07) is 0. The van der Waals surface area contributed by atoms with E-state index in [9.17, 15) is 13.2 Å². The summed E-state index contributed by atoms with van der Waals surface area (Å²) < 4.78 is 23.4. The third-order valence-corrected chi connectivity index (χ3v) is 0.844. The summed E-state index contributed by atoms with van der Waals surface area (Å²) in [4.78, 5) is 9.92. The maximum atomic E-state index is 9.92. The topological polar surface area (TPSA) is 60.4 Å². The minimum Gasteiger partial charge on any atom is -0.455 e. The number of rotatable bonds is 1. The van der Waals surface area contributed by atoms with E-state index in [0.717, 1.165) is 0 Å². The van der Waals surface area contributed by atoms with Gasteiger partial charge in [0.1, 0.15) is 0 Å². The van der Waals surface area contributed by atoms with Crippen LogP contribution in [0.3, 0.4) is 0 Å². The van der Waals surface area contributed by atoms with Crippen LogP contribution in [-0.2, 0) is 15.4 Å². The first kappa shape index (κ1) is 7.42. The van der Waals surface area contributed by atoms with Crippen molar-refractivity contribution in [3.8, 4) is 0 Å². The molecule has 4 nitrogen and oxygen atoms in total. The average Bonchev–Trinajstić information content (AvgIpc) is 1.67. The molecule has 0 fully saturated rings. The summed E-state index contributed by atoms with van der Waals surface area (Å²) in [5.74, 6) is 0. The Morgan fingerprint density at radius 3 is 2.25 bits per heavy atom. The molecule has 0 bridgehead atoms. The lowest BCUT2D eigenvalue weighted by Gasteiger charge is -1.89. The molecule has 0 spiro atoms. The highest BCUT2D eigenvalue weighted by Crippen LogP contribution is 1.78. The van der Waals surface area contributed by atoms with Crippen molar-refractivity contribution in [1.29, 1.82) is 0 Å². The van der Waals surface area contributed by atoms with Gasteiger partial charge in [0.25, 0.3) is 0 Å². The molecule has 0 aliphatic heterocycles. The van der Waals surface area contributed by atoms with Gasteiger partial charge in [-0.2, -0.15) is 0 Å². The van der Waals surface area contributed by atoms with Crippen LogP contribution in [-0.4, -0.2) is 20.3 Å². The number of carbonyl (C=O) groups is 1. The molecule has 0 saturated carbocycles.